The standard InChI is InChI=1S/C14H25N3O/c1-4-7-12-11-14(15-9-5-2)17-13(16-12)8-10-18-6-3/h11H,4-10H2,1-3H3,(H,15,16,17). The van der Waals surface area contributed by atoms with Crippen LogP contribution in [0, 0.1) is 0 Å². The lowest BCUT2D eigenvalue weighted by Gasteiger charge is -2.09. The lowest BCUT2D eigenvalue weighted by Crippen LogP contribution is -2.09. The highest BCUT2D eigenvalue weighted by atomic mass is 16.5. The predicted octanol–water partition coefficient (Wildman–Crippen LogP) is 2.83. The molecule has 0 aliphatic rings. The van der Waals surface area contributed by atoms with Crippen LogP contribution in [0.4, 0.5) is 5.82 Å². The summed E-state index contributed by atoms with van der Waals surface area (Å²) in [5, 5.41) is 3.33. The lowest BCUT2D eigenvalue weighted by atomic mass is 10.2. The van der Waals surface area contributed by atoms with Crippen LogP contribution in [-0.2, 0) is 17.6 Å². The molecular formula is C14H25N3O. The van der Waals surface area contributed by atoms with Crippen molar-refractivity contribution in [2.24, 2.45) is 0 Å². The zero-order chi connectivity index (χ0) is 13.2. The molecule has 1 rings (SSSR count). The van der Waals surface area contributed by atoms with Crippen molar-refractivity contribution in [3.8, 4) is 0 Å². The molecule has 0 amide bonds. The maximum Gasteiger partial charge on any atom is 0.133 e. The van der Waals surface area contributed by atoms with Crippen LogP contribution >= 0.6 is 0 Å². The summed E-state index contributed by atoms with van der Waals surface area (Å²) < 4.78 is 5.36. The first kappa shape index (κ1) is 14.9. The minimum absolute atomic E-state index is 0.694. The molecule has 1 N–H and O–H groups in total. The van der Waals surface area contributed by atoms with E-state index >= 15 is 0 Å². The van der Waals surface area contributed by atoms with Crippen molar-refractivity contribution in [2.75, 3.05) is 25.1 Å². The fourth-order valence-corrected chi connectivity index (χ4v) is 1.70. The molecule has 0 saturated carbocycles. The first-order valence-corrected chi connectivity index (χ1v) is 6.98. The second-order valence-corrected chi connectivity index (χ2v) is 4.28. The Morgan fingerprint density at radius 3 is 2.61 bits per heavy atom. The van der Waals surface area contributed by atoms with Crippen molar-refractivity contribution < 1.29 is 4.74 Å². The Kier molecular flexibility index (Phi) is 7.34. The summed E-state index contributed by atoms with van der Waals surface area (Å²) in [4.78, 5) is 9.09. The van der Waals surface area contributed by atoms with Crippen LogP contribution in [0.2, 0.25) is 0 Å². The van der Waals surface area contributed by atoms with Gasteiger partial charge in [-0.25, -0.2) is 9.97 Å². The van der Waals surface area contributed by atoms with Gasteiger partial charge in [0.2, 0.25) is 0 Å². The number of ether oxygens (including phenoxy) is 1. The summed E-state index contributed by atoms with van der Waals surface area (Å²) in [5.41, 5.74) is 1.12. The molecule has 0 saturated heterocycles. The van der Waals surface area contributed by atoms with E-state index in [9.17, 15) is 0 Å². The molecule has 18 heavy (non-hydrogen) atoms. The monoisotopic (exact) mass is 251 g/mol. The Labute approximate surface area is 110 Å². The molecule has 0 aliphatic heterocycles. The van der Waals surface area contributed by atoms with Crippen LogP contribution in [0.3, 0.4) is 0 Å². The third-order valence-corrected chi connectivity index (χ3v) is 2.56. The van der Waals surface area contributed by atoms with Crippen LogP contribution in [0.1, 0.15) is 45.1 Å². The SMILES string of the molecule is CCCNc1cc(CCC)nc(CCOCC)n1. The summed E-state index contributed by atoms with van der Waals surface area (Å²) in [5.74, 6) is 1.83. The Morgan fingerprint density at radius 1 is 1.11 bits per heavy atom. The molecule has 4 heteroatoms. The van der Waals surface area contributed by atoms with E-state index in [1.807, 2.05) is 6.92 Å². The number of nitrogens with one attached hydrogen (secondary N) is 1. The maximum atomic E-state index is 5.36. The average Bonchev–Trinajstić information content (AvgIpc) is 2.37. The zero-order valence-corrected chi connectivity index (χ0v) is 11.8. The van der Waals surface area contributed by atoms with Gasteiger partial charge in [-0.2, -0.15) is 0 Å². The van der Waals surface area contributed by atoms with Gasteiger partial charge in [0.15, 0.2) is 0 Å². The number of aromatic nitrogens is 2. The third-order valence-electron chi connectivity index (χ3n) is 2.56. The Morgan fingerprint density at radius 2 is 1.94 bits per heavy atom. The van der Waals surface area contributed by atoms with Crippen molar-refractivity contribution >= 4 is 5.82 Å². The molecule has 1 aromatic heterocycles. The van der Waals surface area contributed by atoms with Crippen LogP contribution in [0.5, 0.6) is 0 Å². The first-order chi connectivity index (χ1) is 8.80. The summed E-state index contributed by atoms with van der Waals surface area (Å²) in [6, 6.07) is 2.06. The van der Waals surface area contributed by atoms with Crippen molar-refractivity contribution in [2.45, 2.75) is 46.5 Å². The fourth-order valence-electron chi connectivity index (χ4n) is 1.70. The quantitative estimate of drug-likeness (QED) is 0.686. The number of anilines is 1. The van der Waals surface area contributed by atoms with E-state index in [1.165, 1.54) is 0 Å². The molecule has 0 aliphatic carbocycles. The summed E-state index contributed by atoms with van der Waals surface area (Å²) in [7, 11) is 0. The van der Waals surface area contributed by atoms with Crippen molar-refractivity contribution in [1.29, 1.82) is 0 Å². The normalized spacial score (nSPS) is 10.6. The van der Waals surface area contributed by atoms with Gasteiger partial charge in [-0.3, -0.25) is 0 Å². The van der Waals surface area contributed by atoms with Gasteiger partial charge in [0.25, 0.3) is 0 Å². The van der Waals surface area contributed by atoms with Gasteiger partial charge in [0.1, 0.15) is 11.6 Å². The molecule has 1 heterocycles. The minimum Gasteiger partial charge on any atom is -0.381 e. The fraction of sp³-hybridized carbons (Fsp3) is 0.714. The van der Waals surface area contributed by atoms with Crippen molar-refractivity contribution in [3.63, 3.8) is 0 Å². The molecule has 0 aromatic carbocycles. The molecule has 0 atom stereocenters. The number of hydrogen-bond donors (Lipinski definition) is 1. The number of rotatable bonds is 9. The number of nitrogens with zero attached hydrogens (tertiary/aromatic N) is 2. The molecule has 0 spiro atoms. The molecule has 102 valence electrons. The maximum absolute atomic E-state index is 5.36. The molecule has 1 aromatic rings. The van der Waals surface area contributed by atoms with Gasteiger partial charge in [-0.1, -0.05) is 20.3 Å². The van der Waals surface area contributed by atoms with Gasteiger partial charge in [-0.15, -0.1) is 0 Å². The van der Waals surface area contributed by atoms with E-state index in [1.54, 1.807) is 0 Å². The second kappa shape index (κ2) is 8.86. The van der Waals surface area contributed by atoms with Crippen molar-refractivity contribution in [1.82, 2.24) is 9.97 Å². The van der Waals surface area contributed by atoms with Crippen LogP contribution < -0.4 is 5.32 Å². The third kappa shape index (κ3) is 5.45. The zero-order valence-electron chi connectivity index (χ0n) is 11.8. The summed E-state index contributed by atoms with van der Waals surface area (Å²) in [6.07, 6.45) is 3.99. The molecule has 0 fully saturated rings. The number of aryl methyl sites for hydroxylation is 1. The topological polar surface area (TPSA) is 47.0 Å². The van der Waals surface area contributed by atoms with Gasteiger partial charge in [0.05, 0.1) is 6.61 Å². The second-order valence-electron chi connectivity index (χ2n) is 4.28. The van der Waals surface area contributed by atoms with Crippen LogP contribution in [0.25, 0.3) is 0 Å². The van der Waals surface area contributed by atoms with Crippen molar-refractivity contribution in [3.05, 3.63) is 17.6 Å². The van der Waals surface area contributed by atoms with Gasteiger partial charge in [-0.05, 0) is 19.8 Å². The molecule has 0 radical (unpaired) electrons. The lowest BCUT2D eigenvalue weighted by molar-refractivity contribution is 0.149. The Bertz CT molecular complexity index is 342. The minimum atomic E-state index is 0.694. The summed E-state index contributed by atoms with van der Waals surface area (Å²) >= 11 is 0. The van der Waals surface area contributed by atoms with E-state index in [-0.39, 0.29) is 0 Å². The highest BCUT2D eigenvalue weighted by molar-refractivity contribution is 5.36. The Balaban J connectivity index is 2.70. The highest BCUT2D eigenvalue weighted by Gasteiger charge is 2.04. The van der Waals surface area contributed by atoms with Crippen LogP contribution in [-0.4, -0.2) is 29.7 Å². The van der Waals surface area contributed by atoms with E-state index in [4.69, 9.17) is 4.74 Å². The van der Waals surface area contributed by atoms with E-state index in [2.05, 4.69) is 35.2 Å². The van der Waals surface area contributed by atoms with Gasteiger partial charge >= 0.3 is 0 Å². The largest absolute Gasteiger partial charge is 0.381 e. The average molecular weight is 251 g/mol. The smallest absolute Gasteiger partial charge is 0.133 e. The summed E-state index contributed by atoms with van der Waals surface area (Å²) in [6.45, 7) is 8.71. The molecular weight excluding hydrogens is 226 g/mol. The molecule has 0 unspecified atom stereocenters. The predicted molar refractivity (Wildman–Crippen MR) is 75.0 cm³/mol. The van der Waals surface area contributed by atoms with Gasteiger partial charge < -0.3 is 10.1 Å². The van der Waals surface area contributed by atoms with E-state index in [0.717, 1.165) is 56.2 Å². The van der Waals surface area contributed by atoms with E-state index < -0.39 is 0 Å². The highest BCUT2D eigenvalue weighted by Crippen LogP contribution is 2.09. The van der Waals surface area contributed by atoms with E-state index in [0.29, 0.717) is 6.61 Å². The molecule has 0 bridgehead atoms. The van der Waals surface area contributed by atoms with Crippen LogP contribution in [0.15, 0.2) is 6.07 Å². The van der Waals surface area contributed by atoms with Gasteiger partial charge in [0, 0.05) is 31.3 Å². The Hall–Kier alpha value is -1.16. The number of hydrogen-bond acceptors (Lipinski definition) is 4. The first-order valence-electron chi connectivity index (χ1n) is 6.98. The molecule has 4 nitrogen and oxygen atoms in total.